The van der Waals surface area contributed by atoms with E-state index < -0.39 is 0 Å². The Balaban J connectivity index is 2.46. The van der Waals surface area contributed by atoms with Crippen LogP contribution < -0.4 is 4.90 Å². The van der Waals surface area contributed by atoms with Crippen LogP contribution in [0.2, 0.25) is 5.15 Å². The van der Waals surface area contributed by atoms with Gasteiger partial charge in [0.15, 0.2) is 6.29 Å². The largest absolute Gasteiger partial charge is 0.349 e. The first-order chi connectivity index (χ1) is 10.0. The summed E-state index contributed by atoms with van der Waals surface area (Å²) in [7, 11) is 0. The quantitative estimate of drug-likeness (QED) is 0.624. The van der Waals surface area contributed by atoms with Crippen LogP contribution in [-0.2, 0) is 6.54 Å². The molecule has 0 aliphatic rings. The van der Waals surface area contributed by atoms with Gasteiger partial charge in [0.25, 0.3) is 0 Å². The fraction of sp³-hybridized carbons (Fsp3) is 0.312. The predicted molar refractivity (Wildman–Crippen MR) is 84.9 cm³/mol. The second-order valence-corrected chi connectivity index (χ2v) is 5.48. The van der Waals surface area contributed by atoms with Gasteiger partial charge in [-0.25, -0.2) is 9.97 Å². The number of anilines is 1. The molecule has 2 aromatic rings. The Bertz CT molecular complexity index is 629. The minimum Gasteiger partial charge on any atom is -0.349 e. The van der Waals surface area contributed by atoms with Gasteiger partial charge in [0, 0.05) is 12.6 Å². The summed E-state index contributed by atoms with van der Waals surface area (Å²) in [5.41, 5.74) is 1.49. The Morgan fingerprint density at radius 1 is 1.24 bits per heavy atom. The van der Waals surface area contributed by atoms with E-state index in [-0.39, 0.29) is 11.2 Å². The SMILES string of the molecule is Cc1nc(Cl)c(C=O)c(N(Cc2ccccc2)C(C)C)n1. The number of halogens is 1. The van der Waals surface area contributed by atoms with Gasteiger partial charge in [0.05, 0.1) is 5.56 Å². The molecule has 0 N–H and O–H groups in total. The highest BCUT2D eigenvalue weighted by molar-refractivity contribution is 6.32. The first-order valence-corrected chi connectivity index (χ1v) is 7.20. The van der Waals surface area contributed by atoms with E-state index >= 15 is 0 Å². The zero-order valence-corrected chi connectivity index (χ0v) is 13.1. The van der Waals surface area contributed by atoms with Crippen LogP contribution >= 0.6 is 11.6 Å². The fourth-order valence-corrected chi connectivity index (χ4v) is 2.39. The Morgan fingerprint density at radius 2 is 1.90 bits per heavy atom. The third-order valence-corrected chi connectivity index (χ3v) is 3.49. The Labute approximate surface area is 129 Å². The van der Waals surface area contributed by atoms with Crippen molar-refractivity contribution in [2.24, 2.45) is 0 Å². The van der Waals surface area contributed by atoms with Crippen molar-refractivity contribution in [3.8, 4) is 0 Å². The van der Waals surface area contributed by atoms with Gasteiger partial charge >= 0.3 is 0 Å². The zero-order chi connectivity index (χ0) is 15.4. The number of aromatic nitrogens is 2. The maximum atomic E-state index is 11.3. The van der Waals surface area contributed by atoms with Crippen LogP contribution in [0.1, 0.15) is 35.6 Å². The molecule has 0 atom stereocenters. The Hall–Kier alpha value is -1.94. The van der Waals surface area contributed by atoms with Gasteiger partial charge in [-0.15, -0.1) is 0 Å². The number of carbonyl (C=O) groups is 1. The third-order valence-electron chi connectivity index (χ3n) is 3.20. The molecule has 0 saturated carbocycles. The lowest BCUT2D eigenvalue weighted by Gasteiger charge is -2.29. The van der Waals surface area contributed by atoms with Gasteiger partial charge in [-0.3, -0.25) is 4.79 Å². The highest BCUT2D eigenvalue weighted by atomic mass is 35.5. The number of hydrogen-bond acceptors (Lipinski definition) is 4. The maximum Gasteiger partial charge on any atom is 0.156 e. The second kappa shape index (κ2) is 6.68. The van der Waals surface area contributed by atoms with Crippen molar-refractivity contribution in [1.82, 2.24) is 9.97 Å². The van der Waals surface area contributed by atoms with Crippen molar-refractivity contribution in [1.29, 1.82) is 0 Å². The molecule has 0 unspecified atom stereocenters. The summed E-state index contributed by atoms with van der Waals surface area (Å²) in [4.78, 5) is 21.9. The van der Waals surface area contributed by atoms with Crippen molar-refractivity contribution in [2.75, 3.05) is 4.90 Å². The number of benzene rings is 1. The minimum absolute atomic E-state index is 0.175. The fourth-order valence-electron chi connectivity index (χ4n) is 2.14. The molecule has 0 aliphatic heterocycles. The number of hydrogen-bond donors (Lipinski definition) is 0. The number of nitrogens with zero attached hydrogens (tertiary/aromatic N) is 3. The smallest absolute Gasteiger partial charge is 0.156 e. The third kappa shape index (κ3) is 3.58. The van der Waals surface area contributed by atoms with E-state index in [0.29, 0.717) is 23.8 Å². The Kier molecular flexibility index (Phi) is 4.91. The van der Waals surface area contributed by atoms with Crippen molar-refractivity contribution < 1.29 is 4.79 Å². The monoisotopic (exact) mass is 303 g/mol. The first kappa shape index (κ1) is 15.4. The number of carbonyl (C=O) groups excluding carboxylic acids is 1. The molecule has 1 heterocycles. The molecule has 0 bridgehead atoms. The molecular weight excluding hydrogens is 286 g/mol. The molecule has 110 valence electrons. The molecule has 0 radical (unpaired) electrons. The van der Waals surface area contributed by atoms with Crippen LogP contribution in [0, 0.1) is 6.92 Å². The van der Waals surface area contributed by atoms with E-state index in [4.69, 9.17) is 11.6 Å². The first-order valence-electron chi connectivity index (χ1n) is 6.82. The van der Waals surface area contributed by atoms with Crippen LogP contribution in [0.25, 0.3) is 0 Å². The standard InChI is InChI=1S/C16H18ClN3O/c1-11(2)20(9-13-7-5-4-6-8-13)16-14(10-21)15(17)18-12(3)19-16/h4-8,10-11H,9H2,1-3H3. The van der Waals surface area contributed by atoms with E-state index in [0.717, 1.165) is 11.8 Å². The van der Waals surface area contributed by atoms with Gasteiger partial charge in [0.1, 0.15) is 16.8 Å². The lowest BCUT2D eigenvalue weighted by molar-refractivity contribution is 0.112. The number of aldehydes is 1. The molecule has 0 saturated heterocycles. The zero-order valence-electron chi connectivity index (χ0n) is 12.4. The molecule has 0 fully saturated rings. The topological polar surface area (TPSA) is 46.1 Å². The predicted octanol–water partition coefficient (Wildman–Crippen LogP) is 3.67. The summed E-state index contributed by atoms with van der Waals surface area (Å²) in [5.74, 6) is 1.14. The average Bonchev–Trinajstić information content (AvgIpc) is 2.45. The molecule has 0 amide bonds. The lowest BCUT2D eigenvalue weighted by Crippen LogP contribution is -2.32. The summed E-state index contributed by atoms with van der Waals surface area (Å²) >= 11 is 6.08. The molecule has 1 aromatic heterocycles. The van der Waals surface area contributed by atoms with Crippen molar-refractivity contribution in [3.05, 3.63) is 52.4 Å². The highest BCUT2D eigenvalue weighted by Gasteiger charge is 2.20. The summed E-state index contributed by atoms with van der Waals surface area (Å²) < 4.78 is 0. The number of aryl methyl sites for hydroxylation is 1. The molecular formula is C16H18ClN3O. The van der Waals surface area contributed by atoms with Gasteiger partial charge in [-0.2, -0.15) is 0 Å². The number of rotatable bonds is 5. The van der Waals surface area contributed by atoms with Crippen LogP contribution in [0.5, 0.6) is 0 Å². The molecule has 21 heavy (non-hydrogen) atoms. The van der Waals surface area contributed by atoms with Crippen LogP contribution in [0.15, 0.2) is 30.3 Å². The van der Waals surface area contributed by atoms with E-state index in [1.807, 2.05) is 30.3 Å². The summed E-state index contributed by atoms with van der Waals surface area (Å²) in [6.07, 6.45) is 0.720. The Morgan fingerprint density at radius 3 is 2.48 bits per heavy atom. The highest BCUT2D eigenvalue weighted by Crippen LogP contribution is 2.26. The molecule has 0 spiro atoms. The van der Waals surface area contributed by atoms with E-state index in [1.54, 1.807) is 6.92 Å². The molecule has 5 heteroatoms. The summed E-state index contributed by atoms with van der Waals surface area (Å²) in [6, 6.07) is 10.2. The molecule has 2 rings (SSSR count). The van der Waals surface area contributed by atoms with E-state index in [1.165, 1.54) is 0 Å². The van der Waals surface area contributed by atoms with Crippen LogP contribution in [0.4, 0.5) is 5.82 Å². The van der Waals surface area contributed by atoms with Crippen LogP contribution in [0.3, 0.4) is 0 Å². The van der Waals surface area contributed by atoms with E-state index in [9.17, 15) is 4.79 Å². The molecule has 0 aliphatic carbocycles. The van der Waals surface area contributed by atoms with Gasteiger partial charge in [-0.1, -0.05) is 41.9 Å². The lowest BCUT2D eigenvalue weighted by atomic mass is 10.1. The normalized spacial score (nSPS) is 10.7. The van der Waals surface area contributed by atoms with Crippen molar-refractivity contribution in [3.63, 3.8) is 0 Å². The maximum absolute atomic E-state index is 11.3. The van der Waals surface area contributed by atoms with E-state index in [2.05, 4.69) is 28.7 Å². The van der Waals surface area contributed by atoms with Gasteiger partial charge in [0.2, 0.25) is 0 Å². The van der Waals surface area contributed by atoms with Crippen molar-refractivity contribution >= 4 is 23.7 Å². The molecule has 4 nitrogen and oxygen atoms in total. The van der Waals surface area contributed by atoms with Crippen LogP contribution in [-0.4, -0.2) is 22.3 Å². The average molecular weight is 304 g/mol. The second-order valence-electron chi connectivity index (χ2n) is 5.12. The summed E-state index contributed by atoms with van der Waals surface area (Å²) in [6.45, 7) is 6.54. The minimum atomic E-state index is 0.175. The van der Waals surface area contributed by atoms with Gasteiger partial charge < -0.3 is 4.90 Å². The molecule has 1 aromatic carbocycles. The van der Waals surface area contributed by atoms with Crippen molar-refractivity contribution in [2.45, 2.75) is 33.4 Å². The van der Waals surface area contributed by atoms with Gasteiger partial charge in [-0.05, 0) is 26.3 Å². The summed E-state index contributed by atoms with van der Waals surface area (Å²) in [5, 5.41) is 0.200.